The smallest absolute Gasteiger partial charge is 0.404 e. The van der Waals surface area contributed by atoms with Crippen molar-refractivity contribution in [3.05, 3.63) is 0 Å². The van der Waals surface area contributed by atoms with Crippen molar-refractivity contribution >= 4 is 6.09 Å². The van der Waals surface area contributed by atoms with E-state index in [4.69, 9.17) is 15.6 Å². The second kappa shape index (κ2) is 4.46. The molecule has 78 valence electrons. The second-order valence-corrected chi connectivity index (χ2v) is 4.38. The van der Waals surface area contributed by atoms with Crippen molar-refractivity contribution in [2.45, 2.75) is 46.3 Å². The van der Waals surface area contributed by atoms with Gasteiger partial charge in [0.25, 0.3) is 0 Å². The van der Waals surface area contributed by atoms with E-state index < -0.39 is 12.2 Å². The predicted octanol–water partition coefficient (Wildman–Crippen LogP) is 1.27. The Kier molecular flexibility index (Phi) is 4.20. The normalized spacial score (nSPS) is 16.4. The Hall–Kier alpha value is -0.770. The third kappa shape index (κ3) is 5.47. The third-order valence-corrected chi connectivity index (χ3v) is 1.78. The van der Waals surface area contributed by atoms with Crippen molar-refractivity contribution in [1.82, 2.24) is 0 Å². The summed E-state index contributed by atoms with van der Waals surface area (Å²) in [4.78, 5) is 10.6. The van der Waals surface area contributed by atoms with E-state index in [9.17, 15) is 4.79 Å². The molecule has 0 heterocycles. The number of nitrogens with two attached hydrogens (primary N) is 1. The maximum atomic E-state index is 10.6. The molecule has 0 aromatic heterocycles. The Morgan fingerprint density at radius 2 is 2.00 bits per heavy atom. The highest BCUT2D eigenvalue weighted by Gasteiger charge is 2.28. The van der Waals surface area contributed by atoms with Crippen LogP contribution in [0.15, 0.2) is 0 Å². The van der Waals surface area contributed by atoms with Crippen LogP contribution < -0.4 is 5.73 Å². The van der Waals surface area contributed by atoms with Crippen LogP contribution in [0.5, 0.6) is 0 Å². The largest absolute Gasteiger partial charge is 0.446 e. The van der Waals surface area contributed by atoms with Crippen LogP contribution in [0.1, 0.15) is 34.1 Å². The van der Waals surface area contributed by atoms with E-state index in [1.54, 1.807) is 6.92 Å². The van der Waals surface area contributed by atoms with Gasteiger partial charge in [0, 0.05) is 6.42 Å². The summed E-state index contributed by atoms with van der Waals surface area (Å²) in [7, 11) is 0. The molecule has 0 saturated heterocycles. The van der Waals surface area contributed by atoms with E-state index >= 15 is 0 Å². The van der Waals surface area contributed by atoms with Crippen LogP contribution in [-0.4, -0.2) is 23.4 Å². The van der Waals surface area contributed by atoms with Gasteiger partial charge in [-0.1, -0.05) is 20.8 Å². The first-order chi connectivity index (χ1) is 5.73. The standard InChI is InChI=1S/C9H19NO3/c1-6(11)5-7(9(2,3)4)13-8(10)12/h6-7,11H,5H2,1-4H3,(H2,10,12). The summed E-state index contributed by atoms with van der Waals surface area (Å²) in [6, 6.07) is 0. The highest BCUT2D eigenvalue weighted by atomic mass is 16.6. The average molecular weight is 189 g/mol. The number of aliphatic hydroxyl groups is 1. The molecular formula is C9H19NO3. The summed E-state index contributed by atoms with van der Waals surface area (Å²) >= 11 is 0. The molecule has 0 aliphatic carbocycles. The zero-order valence-electron chi connectivity index (χ0n) is 8.70. The molecule has 2 unspecified atom stereocenters. The summed E-state index contributed by atoms with van der Waals surface area (Å²) in [6.07, 6.45) is -1.22. The molecular weight excluding hydrogens is 170 g/mol. The fourth-order valence-corrected chi connectivity index (χ4v) is 1.03. The molecule has 0 radical (unpaired) electrons. The number of carbonyl (C=O) groups excluding carboxylic acids is 1. The second-order valence-electron chi connectivity index (χ2n) is 4.38. The number of primary amides is 1. The van der Waals surface area contributed by atoms with Crippen LogP contribution in [0.3, 0.4) is 0 Å². The van der Waals surface area contributed by atoms with Crippen molar-refractivity contribution in [3.63, 3.8) is 0 Å². The van der Waals surface area contributed by atoms with Gasteiger partial charge >= 0.3 is 6.09 Å². The van der Waals surface area contributed by atoms with E-state index in [0.29, 0.717) is 6.42 Å². The third-order valence-electron chi connectivity index (χ3n) is 1.78. The van der Waals surface area contributed by atoms with Gasteiger partial charge in [0.05, 0.1) is 6.10 Å². The van der Waals surface area contributed by atoms with Crippen LogP contribution in [-0.2, 0) is 4.74 Å². The van der Waals surface area contributed by atoms with Crippen molar-refractivity contribution in [3.8, 4) is 0 Å². The van der Waals surface area contributed by atoms with Gasteiger partial charge in [-0.2, -0.15) is 0 Å². The Morgan fingerprint density at radius 3 is 2.23 bits per heavy atom. The number of carbonyl (C=O) groups is 1. The maximum Gasteiger partial charge on any atom is 0.404 e. The number of hydrogen-bond donors (Lipinski definition) is 2. The summed E-state index contributed by atoms with van der Waals surface area (Å²) in [5.74, 6) is 0. The van der Waals surface area contributed by atoms with E-state index in [0.717, 1.165) is 0 Å². The van der Waals surface area contributed by atoms with Crippen molar-refractivity contribution < 1.29 is 14.6 Å². The lowest BCUT2D eigenvalue weighted by molar-refractivity contribution is 0.00444. The monoisotopic (exact) mass is 189 g/mol. The molecule has 3 N–H and O–H groups in total. The van der Waals surface area contributed by atoms with E-state index in [1.165, 1.54) is 0 Å². The summed E-state index contributed by atoms with van der Waals surface area (Å²) < 4.78 is 4.90. The number of ether oxygens (including phenoxy) is 1. The number of amides is 1. The number of hydrogen-bond acceptors (Lipinski definition) is 3. The van der Waals surface area contributed by atoms with Crippen LogP contribution in [0.25, 0.3) is 0 Å². The molecule has 1 amide bonds. The molecule has 4 nitrogen and oxygen atoms in total. The average Bonchev–Trinajstić information content (AvgIpc) is 1.81. The first kappa shape index (κ1) is 12.2. The summed E-state index contributed by atoms with van der Waals surface area (Å²) in [5.41, 5.74) is 4.72. The Bertz CT molecular complexity index is 172. The van der Waals surface area contributed by atoms with E-state index in [1.807, 2.05) is 20.8 Å². The zero-order chi connectivity index (χ0) is 10.6. The molecule has 0 rings (SSSR count). The minimum absolute atomic E-state index is 0.202. The molecule has 0 aromatic rings. The SMILES string of the molecule is CC(O)CC(OC(N)=O)C(C)(C)C. The molecule has 13 heavy (non-hydrogen) atoms. The van der Waals surface area contributed by atoms with Gasteiger partial charge in [0.1, 0.15) is 6.10 Å². The van der Waals surface area contributed by atoms with Crippen molar-refractivity contribution in [2.24, 2.45) is 11.1 Å². The number of rotatable bonds is 3. The Labute approximate surface area is 79.1 Å². The molecule has 0 spiro atoms. The lowest BCUT2D eigenvalue weighted by Gasteiger charge is -2.30. The lowest BCUT2D eigenvalue weighted by Crippen LogP contribution is -2.36. The highest BCUT2D eigenvalue weighted by Crippen LogP contribution is 2.25. The molecule has 0 aliphatic heterocycles. The van der Waals surface area contributed by atoms with E-state index in [-0.39, 0.29) is 11.5 Å². The molecule has 0 bridgehead atoms. The lowest BCUT2D eigenvalue weighted by atomic mass is 9.86. The van der Waals surface area contributed by atoms with Crippen molar-refractivity contribution in [1.29, 1.82) is 0 Å². The molecule has 0 aliphatic rings. The first-order valence-corrected chi connectivity index (χ1v) is 4.37. The van der Waals surface area contributed by atoms with Crippen LogP contribution in [0, 0.1) is 5.41 Å². The Morgan fingerprint density at radius 1 is 1.54 bits per heavy atom. The van der Waals surface area contributed by atoms with Crippen molar-refractivity contribution in [2.75, 3.05) is 0 Å². The molecule has 0 saturated carbocycles. The minimum atomic E-state index is -0.791. The maximum absolute atomic E-state index is 10.6. The minimum Gasteiger partial charge on any atom is -0.446 e. The topological polar surface area (TPSA) is 72.6 Å². The van der Waals surface area contributed by atoms with Gasteiger partial charge in [-0.3, -0.25) is 0 Å². The fraction of sp³-hybridized carbons (Fsp3) is 0.889. The van der Waals surface area contributed by atoms with Gasteiger partial charge in [0.15, 0.2) is 0 Å². The van der Waals surface area contributed by atoms with Gasteiger partial charge in [-0.05, 0) is 12.3 Å². The predicted molar refractivity (Wildman–Crippen MR) is 50.2 cm³/mol. The Balaban J connectivity index is 4.28. The fourth-order valence-electron chi connectivity index (χ4n) is 1.03. The highest BCUT2D eigenvalue weighted by molar-refractivity contribution is 5.64. The van der Waals surface area contributed by atoms with Gasteiger partial charge in [-0.25, -0.2) is 4.79 Å². The first-order valence-electron chi connectivity index (χ1n) is 4.37. The van der Waals surface area contributed by atoms with Gasteiger partial charge < -0.3 is 15.6 Å². The van der Waals surface area contributed by atoms with Gasteiger partial charge in [0.2, 0.25) is 0 Å². The molecule has 0 aromatic carbocycles. The quantitative estimate of drug-likeness (QED) is 0.702. The van der Waals surface area contributed by atoms with Crippen LogP contribution in [0.2, 0.25) is 0 Å². The van der Waals surface area contributed by atoms with Gasteiger partial charge in [-0.15, -0.1) is 0 Å². The van der Waals surface area contributed by atoms with Crippen LogP contribution in [0.4, 0.5) is 4.79 Å². The molecule has 2 atom stereocenters. The summed E-state index contributed by atoms with van der Waals surface area (Å²) in [5, 5.41) is 9.17. The zero-order valence-corrected chi connectivity index (χ0v) is 8.70. The summed E-state index contributed by atoms with van der Waals surface area (Å²) in [6.45, 7) is 7.46. The van der Waals surface area contributed by atoms with Crippen LogP contribution >= 0.6 is 0 Å². The molecule has 4 heteroatoms. The van der Waals surface area contributed by atoms with E-state index in [2.05, 4.69) is 0 Å². The number of aliphatic hydroxyl groups excluding tert-OH is 1. The molecule has 0 fully saturated rings.